The topological polar surface area (TPSA) is 8.17 Å². The fourth-order valence-corrected chi connectivity index (χ4v) is 11.4. The van der Waals surface area contributed by atoms with E-state index >= 15 is 0 Å². The molecule has 2 nitrogen and oxygen atoms in total. The van der Waals surface area contributed by atoms with Crippen LogP contribution in [0, 0.1) is 0 Å². The van der Waals surface area contributed by atoms with Gasteiger partial charge in [-0.15, -0.1) is 0 Å². The van der Waals surface area contributed by atoms with Gasteiger partial charge in [-0.1, -0.05) is 173 Å². The average Bonchev–Trinajstić information content (AvgIpc) is 3.77. The Morgan fingerprint density at radius 3 is 1.55 bits per heavy atom. The highest BCUT2D eigenvalue weighted by atomic mass is 15.2. The van der Waals surface area contributed by atoms with Crippen LogP contribution in [0.5, 0.6) is 0 Å². The summed E-state index contributed by atoms with van der Waals surface area (Å²) in [7, 11) is 0. The van der Waals surface area contributed by atoms with Gasteiger partial charge in [0.25, 0.3) is 0 Å². The molecule has 2 heteroatoms. The van der Waals surface area contributed by atoms with E-state index in [-0.39, 0.29) is 10.8 Å². The van der Waals surface area contributed by atoms with Crippen molar-refractivity contribution in [3.8, 4) is 39.1 Å². The predicted octanol–water partition coefficient (Wildman–Crippen LogP) is 16.8. The summed E-state index contributed by atoms with van der Waals surface area (Å²) in [5.41, 5.74) is 19.9. The predicted molar refractivity (Wildman–Crippen MR) is 271 cm³/mol. The summed E-state index contributed by atoms with van der Waals surface area (Å²) in [6.07, 6.45) is 0. The Labute approximate surface area is 374 Å². The van der Waals surface area contributed by atoms with Crippen molar-refractivity contribution in [2.24, 2.45) is 0 Å². The fraction of sp³-hybridized carbons (Fsp3) is 0.0968. The highest BCUT2D eigenvalue weighted by Gasteiger charge is 2.39. The minimum atomic E-state index is -0.290. The molecule has 1 aliphatic heterocycles. The van der Waals surface area contributed by atoms with E-state index < -0.39 is 0 Å². The van der Waals surface area contributed by atoms with Gasteiger partial charge in [0.1, 0.15) is 0 Å². The molecule has 1 aromatic heterocycles. The van der Waals surface area contributed by atoms with Gasteiger partial charge in [-0.25, -0.2) is 0 Å². The first-order valence-corrected chi connectivity index (χ1v) is 22.6. The molecule has 2 heterocycles. The Morgan fingerprint density at radius 1 is 0.297 bits per heavy atom. The van der Waals surface area contributed by atoms with Crippen LogP contribution in [0.25, 0.3) is 82.4 Å². The molecule has 0 unspecified atom stereocenters. The van der Waals surface area contributed by atoms with Crippen LogP contribution in [0.4, 0.5) is 17.1 Å². The zero-order valence-electron chi connectivity index (χ0n) is 36.5. The van der Waals surface area contributed by atoms with Crippen LogP contribution in [-0.2, 0) is 10.8 Å². The van der Waals surface area contributed by atoms with Gasteiger partial charge in [-0.2, -0.15) is 0 Å². The first kappa shape index (κ1) is 36.9. The molecule has 0 N–H and O–H groups in total. The summed E-state index contributed by atoms with van der Waals surface area (Å²) >= 11 is 0. The Bertz CT molecular complexity index is 3720. The Hall–Kier alpha value is -7.68. The van der Waals surface area contributed by atoms with Crippen molar-refractivity contribution < 1.29 is 0 Å². The maximum atomic E-state index is 2.52. The molecular weight excluding hydrogens is 773 g/mol. The lowest BCUT2D eigenvalue weighted by atomic mass is 9.72. The van der Waals surface area contributed by atoms with Crippen molar-refractivity contribution in [2.75, 3.05) is 4.90 Å². The van der Waals surface area contributed by atoms with Crippen LogP contribution < -0.4 is 4.90 Å². The SMILES string of the molecule is CC1(C)c2ccccc2-c2cc3c4cc(-c5ccc6c(c5)C(C)(C)c5cc(-c7ccccc7)ccc5N6c5cccc6ccccc56)ccc4n(-c4cccc5ccccc45)c3cc21. The molecule has 0 spiro atoms. The maximum absolute atomic E-state index is 2.52. The van der Waals surface area contributed by atoms with Gasteiger partial charge in [0.15, 0.2) is 0 Å². The molecule has 0 saturated heterocycles. The minimum absolute atomic E-state index is 0.109. The van der Waals surface area contributed by atoms with Crippen molar-refractivity contribution in [3.63, 3.8) is 0 Å². The molecule has 0 radical (unpaired) electrons. The van der Waals surface area contributed by atoms with Gasteiger partial charge in [0.05, 0.1) is 33.8 Å². The highest BCUT2D eigenvalue weighted by molar-refractivity contribution is 6.14. The molecule has 0 saturated carbocycles. The third-order valence-electron chi connectivity index (χ3n) is 14.7. The molecule has 0 fully saturated rings. The Balaban J connectivity index is 1.04. The number of fused-ring (bicyclic) bond motifs is 10. The number of hydrogen-bond acceptors (Lipinski definition) is 1. The van der Waals surface area contributed by atoms with Crippen LogP contribution in [0.15, 0.2) is 206 Å². The van der Waals surface area contributed by atoms with E-state index in [4.69, 9.17) is 0 Å². The van der Waals surface area contributed by atoms with E-state index in [2.05, 4.69) is 243 Å². The summed E-state index contributed by atoms with van der Waals surface area (Å²) in [6, 6.07) is 77.2. The lowest BCUT2D eigenvalue weighted by molar-refractivity contribution is 0.632. The molecule has 64 heavy (non-hydrogen) atoms. The zero-order valence-corrected chi connectivity index (χ0v) is 36.5. The second-order valence-corrected chi connectivity index (χ2v) is 18.9. The summed E-state index contributed by atoms with van der Waals surface area (Å²) in [6.45, 7) is 9.58. The smallest absolute Gasteiger partial charge is 0.0544 e. The quantitative estimate of drug-likeness (QED) is 0.172. The van der Waals surface area contributed by atoms with Crippen molar-refractivity contribution in [1.29, 1.82) is 0 Å². The minimum Gasteiger partial charge on any atom is -0.309 e. The second-order valence-electron chi connectivity index (χ2n) is 18.9. The summed E-state index contributed by atoms with van der Waals surface area (Å²) < 4.78 is 2.52. The fourth-order valence-electron chi connectivity index (χ4n) is 11.4. The Kier molecular flexibility index (Phi) is 7.74. The molecular formula is C62H46N2. The molecule has 0 bridgehead atoms. The molecule has 10 aromatic carbocycles. The monoisotopic (exact) mass is 818 g/mol. The van der Waals surface area contributed by atoms with Crippen LogP contribution in [-0.4, -0.2) is 4.57 Å². The molecule has 0 atom stereocenters. The summed E-state index contributed by atoms with van der Waals surface area (Å²) in [5.74, 6) is 0. The maximum Gasteiger partial charge on any atom is 0.0544 e. The molecule has 304 valence electrons. The van der Waals surface area contributed by atoms with Gasteiger partial charge in [-0.05, 0) is 127 Å². The van der Waals surface area contributed by atoms with Crippen LogP contribution in [0.2, 0.25) is 0 Å². The highest BCUT2D eigenvalue weighted by Crippen LogP contribution is 2.55. The first-order valence-electron chi connectivity index (χ1n) is 22.6. The van der Waals surface area contributed by atoms with E-state index in [1.54, 1.807) is 0 Å². The number of anilines is 3. The average molecular weight is 819 g/mol. The zero-order chi connectivity index (χ0) is 42.9. The van der Waals surface area contributed by atoms with Crippen LogP contribution in [0.3, 0.4) is 0 Å². The molecule has 13 rings (SSSR count). The van der Waals surface area contributed by atoms with Crippen molar-refractivity contribution in [2.45, 2.75) is 38.5 Å². The largest absolute Gasteiger partial charge is 0.309 e. The number of rotatable bonds is 4. The van der Waals surface area contributed by atoms with Gasteiger partial charge < -0.3 is 9.47 Å². The van der Waals surface area contributed by atoms with Gasteiger partial charge in [0.2, 0.25) is 0 Å². The van der Waals surface area contributed by atoms with Crippen LogP contribution >= 0.6 is 0 Å². The van der Waals surface area contributed by atoms with Crippen molar-refractivity contribution in [3.05, 3.63) is 229 Å². The number of aromatic nitrogens is 1. The number of nitrogens with zero attached hydrogens (tertiary/aromatic N) is 2. The van der Waals surface area contributed by atoms with E-state index in [9.17, 15) is 0 Å². The number of benzene rings is 10. The standard InChI is InChI=1S/C62H46N2/c1-61(2)51-25-13-12-24-47(51)48-37-50-49-34-42(28-31-57(49)63(60(50)38-52(48)61)55-26-14-20-40-18-8-10-22-45(40)55)44-30-33-59-54(36-44)62(3,4)53-35-43(39-16-6-5-7-17-39)29-32-58(53)64(59)56-27-15-21-41-19-9-11-23-46(41)56/h5-38H,1-4H3. The van der Waals surface area contributed by atoms with Gasteiger partial charge >= 0.3 is 0 Å². The Morgan fingerprint density at radius 2 is 0.828 bits per heavy atom. The lowest BCUT2D eigenvalue weighted by Crippen LogP contribution is -2.30. The summed E-state index contributed by atoms with van der Waals surface area (Å²) in [4.78, 5) is 2.51. The van der Waals surface area contributed by atoms with Crippen molar-refractivity contribution in [1.82, 2.24) is 4.57 Å². The van der Waals surface area contributed by atoms with Crippen molar-refractivity contribution >= 4 is 60.4 Å². The normalized spacial score (nSPS) is 14.5. The summed E-state index contributed by atoms with van der Waals surface area (Å²) in [5, 5.41) is 7.51. The number of hydrogen-bond donors (Lipinski definition) is 0. The second kappa shape index (κ2) is 13.4. The van der Waals surface area contributed by atoms with E-state index in [0.29, 0.717) is 0 Å². The molecule has 1 aliphatic carbocycles. The van der Waals surface area contributed by atoms with E-state index in [0.717, 1.165) is 0 Å². The third-order valence-corrected chi connectivity index (χ3v) is 14.7. The molecule has 11 aromatic rings. The third kappa shape index (κ3) is 5.20. The molecule has 0 amide bonds. The van der Waals surface area contributed by atoms with Gasteiger partial charge in [0, 0.05) is 32.4 Å². The van der Waals surface area contributed by atoms with E-state index in [1.165, 1.54) is 122 Å². The van der Waals surface area contributed by atoms with Crippen LogP contribution in [0.1, 0.15) is 49.9 Å². The molecule has 2 aliphatic rings. The first-order chi connectivity index (χ1) is 31.3. The van der Waals surface area contributed by atoms with E-state index in [1.807, 2.05) is 0 Å². The van der Waals surface area contributed by atoms with Gasteiger partial charge in [-0.3, -0.25) is 0 Å². The lowest BCUT2D eigenvalue weighted by Gasteiger charge is -2.43.